The van der Waals surface area contributed by atoms with Gasteiger partial charge in [0.25, 0.3) is 0 Å². The Labute approximate surface area is 198 Å². The number of carbonyl (C=O) groups is 2. The zero-order valence-electron chi connectivity index (χ0n) is 17.4. The molecule has 0 spiro atoms. The van der Waals surface area contributed by atoms with Crippen LogP contribution < -0.4 is 10.6 Å². The second-order valence-electron chi connectivity index (χ2n) is 7.57. The molecule has 32 heavy (non-hydrogen) atoms. The van der Waals surface area contributed by atoms with Gasteiger partial charge in [0, 0.05) is 35.7 Å². The van der Waals surface area contributed by atoms with Crippen molar-refractivity contribution in [3.8, 4) is 0 Å². The van der Waals surface area contributed by atoms with E-state index in [1.165, 1.54) is 16.4 Å². The first-order valence-corrected chi connectivity index (χ1v) is 12.5. The second kappa shape index (κ2) is 11.1. The number of amides is 2. The van der Waals surface area contributed by atoms with Crippen molar-refractivity contribution >= 4 is 45.0 Å². The molecule has 0 aliphatic carbocycles. The topological polar surface area (TPSA) is 95.6 Å². The summed E-state index contributed by atoms with van der Waals surface area (Å²) in [6.07, 6.45) is 2.81. The van der Waals surface area contributed by atoms with Gasteiger partial charge in [0.05, 0.1) is 4.90 Å². The first kappa shape index (κ1) is 24.5. The molecule has 0 saturated carbocycles. The van der Waals surface area contributed by atoms with Crippen LogP contribution in [0.5, 0.6) is 0 Å². The van der Waals surface area contributed by atoms with E-state index in [1.54, 1.807) is 36.4 Å². The van der Waals surface area contributed by atoms with Crippen LogP contribution in [0.2, 0.25) is 10.0 Å². The summed E-state index contributed by atoms with van der Waals surface area (Å²) in [5.41, 5.74) is 0.820. The fraction of sp³-hybridized carbons (Fsp3) is 0.364. The fourth-order valence-corrected chi connectivity index (χ4v) is 5.59. The van der Waals surface area contributed by atoms with Gasteiger partial charge in [0.1, 0.15) is 0 Å². The summed E-state index contributed by atoms with van der Waals surface area (Å²) in [4.78, 5) is 24.3. The largest absolute Gasteiger partial charge is 0.348 e. The molecule has 1 unspecified atom stereocenters. The van der Waals surface area contributed by atoms with Gasteiger partial charge in [-0.1, -0.05) is 41.8 Å². The van der Waals surface area contributed by atoms with Crippen molar-refractivity contribution in [3.63, 3.8) is 0 Å². The maximum absolute atomic E-state index is 13.1. The number of nitrogens with zero attached hydrogens (tertiary/aromatic N) is 1. The van der Waals surface area contributed by atoms with E-state index < -0.39 is 21.8 Å². The minimum absolute atomic E-state index is 0.194. The number of benzene rings is 2. The summed E-state index contributed by atoms with van der Waals surface area (Å²) in [6.45, 7) is 0.828. The van der Waals surface area contributed by atoms with Crippen LogP contribution in [0.3, 0.4) is 0 Å². The molecule has 172 valence electrons. The standard InChI is InChI=1S/C22H25Cl2N3O4S/c23-17-6-4-16(5-7-17)15-26-22(29)21(28)25-13-12-19-3-1-2-14-27(19)32(30,31)20-10-8-18(24)9-11-20/h4-11,19H,1-3,12-15H2,(H,25,28)(H,26,29). The number of halogens is 2. The molecule has 3 rings (SSSR count). The molecule has 1 fully saturated rings. The second-order valence-corrected chi connectivity index (χ2v) is 10.3. The molecule has 1 heterocycles. The van der Waals surface area contributed by atoms with E-state index in [4.69, 9.17) is 23.2 Å². The fourth-order valence-electron chi connectivity index (χ4n) is 3.62. The average molecular weight is 498 g/mol. The highest BCUT2D eigenvalue weighted by Crippen LogP contribution is 2.27. The maximum atomic E-state index is 13.1. The summed E-state index contributed by atoms with van der Waals surface area (Å²) < 4.78 is 27.6. The molecular weight excluding hydrogens is 473 g/mol. The van der Waals surface area contributed by atoms with Gasteiger partial charge in [-0.2, -0.15) is 4.31 Å². The van der Waals surface area contributed by atoms with Gasteiger partial charge in [-0.25, -0.2) is 8.42 Å². The molecule has 2 amide bonds. The number of piperidine rings is 1. The smallest absolute Gasteiger partial charge is 0.309 e. The minimum Gasteiger partial charge on any atom is -0.348 e. The number of nitrogens with one attached hydrogen (secondary N) is 2. The Bertz CT molecular complexity index is 1040. The van der Waals surface area contributed by atoms with Crippen molar-refractivity contribution < 1.29 is 18.0 Å². The molecule has 2 aromatic carbocycles. The lowest BCUT2D eigenvalue weighted by Gasteiger charge is -2.34. The number of sulfonamides is 1. The normalized spacial score (nSPS) is 17.0. The van der Waals surface area contributed by atoms with Crippen LogP contribution in [0.15, 0.2) is 53.4 Å². The summed E-state index contributed by atoms with van der Waals surface area (Å²) in [5.74, 6) is -1.49. The highest BCUT2D eigenvalue weighted by atomic mass is 35.5. The van der Waals surface area contributed by atoms with Gasteiger partial charge < -0.3 is 10.6 Å². The van der Waals surface area contributed by atoms with E-state index in [-0.39, 0.29) is 24.0 Å². The van der Waals surface area contributed by atoms with Crippen LogP contribution in [0.1, 0.15) is 31.2 Å². The van der Waals surface area contributed by atoms with E-state index in [1.807, 2.05) is 0 Å². The first-order valence-electron chi connectivity index (χ1n) is 10.4. The molecule has 2 N–H and O–H groups in total. The number of carbonyl (C=O) groups excluding carboxylic acids is 2. The molecular formula is C22H25Cl2N3O4S. The van der Waals surface area contributed by atoms with Gasteiger partial charge in [-0.05, 0) is 61.2 Å². The molecule has 1 saturated heterocycles. The molecule has 1 aliphatic rings. The third-order valence-electron chi connectivity index (χ3n) is 5.33. The van der Waals surface area contributed by atoms with E-state index >= 15 is 0 Å². The average Bonchev–Trinajstić information content (AvgIpc) is 2.79. The van der Waals surface area contributed by atoms with Gasteiger partial charge >= 0.3 is 11.8 Å². The summed E-state index contributed by atoms with van der Waals surface area (Å²) in [6, 6.07) is 12.8. The van der Waals surface area contributed by atoms with E-state index in [9.17, 15) is 18.0 Å². The third kappa shape index (κ3) is 6.45. The van der Waals surface area contributed by atoms with Crippen molar-refractivity contribution in [1.29, 1.82) is 0 Å². The Balaban J connectivity index is 1.51. The zero-order valence-corrected chi connectivity index (χ0v) is 19.7. The maximum Gasteiger partial charge on any atom is 0.309 e. The number of rotatable bonds is 7. The Morgan fingerprint density at radius 3 is 2.16 bits per heavy atom. The van der Waals surface area contributed by atoms with Gasteiger partial charge in [0.2, 0.25) is 10.0 Å². The molecule has 0 aromatic heterocycles. The molecule has 10 heteroatoms. The van der Waals surface area contributed by atoms with Crippen molar-refractivity contribution in [1.82, 2.24) is 14.9 Å². The molecule has 1 atom stereocenters. The molecule has 2 aromatic rings. The summed E-state index contributed by atoms with van der Waals surface area (Å²) >= 11 is 11.7. The lowest BCUT2D eigenvalue weighted by Crippen LogP contribution is -2.46. The number of hydrogen-bond donors (Lipinski definition) is 2. The third-order valence-corrected chi connectivity index (χ3v) is 7.80. The van der Waals surface area contributed by atoms with Crippen LogP contribution in [0.25, 0.3) is 0 Å². The lowest BCUT2D eigenvalue weighted by atomic mass is 10.0. The van der Waals surface area contributed by atoms with Crippen molar-refractivity contribution in [2.75, 3.05) is 13.1 Å². The van der Waals surface area contributed by atoms with E-state index in [0.29, 0.717) is 29.4 Å². The summed E-state index contributed by atoms with van der Waals surface area (Å²) in [5, 5.41) is 6.20. The molecule has 0 radical (unpaired) electrons. The van der Waals surface area contributed by atoms with Crippen LogP contribution >= 0.6 is 23.2 Å². The van der Waals surface area contributed by atoms with Gasteiger partial charge in [-0.3, -0.25) is 9.59 Å². The van der Waals surface area contributed by atoms with Gasteiger partial charge in [-0.15, -0.1) is 0 Å². The van der Waals surface area contributed by atoms with Gasteiger partial charge in [0.15, 0.2) is 0 Å². The van der Waals surface area contributed by atoms with E-state index in [2.05, 4.69) is 10.6 Å². The highest BCUT2D eigenvalue weighted by molar-refractivity contribution is 7.89. The minimum atomic E-state index is -3.66. The Kier molecular flexibility index (Phi) is 8.53. The predicted molar refractivity (Wildman–Crippen MR) is 124 cm³/mol. The van der Waals surface area contributed by atoms with Crippen molar-refractivity contribution in [2.24, 2.45) is 0 Å². The lowest BCUT2D eigenvalue weighted by molar-refractivity contribution is -0.139. The van der Waals surface area contributed by atoms with Crippen molar-refractivity contribution in [3.05, 3.63) is 64.1 Å². The monoisotopic (exact) mass is 497 g/mol. The van der Waals surface area contributed by atoms with Crippen LogP contribution in [-0.4, -0.2) is 43.7 Å². The SMILES string of the molecule is O=C(NCCC1CCCCN1S(=O)(=O)c1ccc(Cl)cc1)C(=O)NCc1ccc(Cl)cc1. The zero-order chi connectivity index (χ0) is 23.1. The van der Waals surface area contributed by atoms with E-state index in [0.717, 1.165) is 18.4 Å². The molecule has 7 nitrogen and oxygen atoms in total. The van der Waals surface area contributed by atoms with Crippen LogP contribution in [0.4, 0.5) is 0 Å². The van der Waals surface area contributed by atoms with Crippen LogP contribution in [-0.2, 0) is 26.2 Å². The Hall–Kier alpha value is -2.13. The van der Waals surface area contributed by atoms with Crippen LogP contribution in [0, 0.1) is 0 Å². The first-order chi connectivity index (χ1) is 15.3. The Morgan fingerprint density at radius 2 is 1.50 bits per heavy atom. The molecule has 1 aliphatic heterocycles. The molecule has 0 bridgehead atoms. The quantitative estimate of drug-likeness (QED) is 0.573. The number of hydrogen-bond acceptors (Lipinski definition) is 4. The van der Waals surface area contributed by atoms with Crippen molar-refractivity contribution in [2.45, 2.75) is 43.2 Å². The highest BCUT2D eigenvalue weighted by Gasteiger charge is 2.33. The predicted octanol–water partition coefficient (Wildman–Crippen LogP) is 3.36. The Morgan fingerprint density at radius 1 is 0.906 bits per heavy atom. The summed E-state index contributed by atoms with van der Waals surface area (Å²) in [7, 11) is -3.66.